The van der Waals surface area contributed by atoms with Gasteiger partial charge in [0.1, 0.15) is 11.5 Å². The van der Waals surface area contributed by atoms with Crippen LogP contribution < -0.4 is 0 Å². The smallest absolute Gasteiger partial charge is 0.303 e. The van der Waals surface area contributed by atoms with Crippen LogP contribution >= 0.6 is 11.8 Å². The number of rotatable bonds is 11. The number of hydrogen-bond donors (Lipinski definition) is 0. The Bertz CT molecular complexity index is 1120. The van der Waals surface area contributed by atoms with Gasteiger partial charge in [0.05, 0.1) is 19.8 Å². The predicted molar refractivity (Wildman–Crippen MR) is 142 cm³/mol. The Morgan fingerprint density at radius 1 is 0.972 bits per heavy atom. The largest absolute Gasteiger partial charge is 0.455 e. The van der Waals surface area contributed by atoms with Gasteiger partial charge in [0, 0.05) is 11.8 Å². The van der Waals surface area contributed by atoms with Crippen molar-refractivity contribution in [1.29, 1.82) is 0 Å². The average molecular weight is 505 g/mol. The Hall–Kier alpha value is -2.90. The van der Waals surface area contributed by atoms with Crippen LogP contribution in [0, 0.1) is 6.92 Å². The number of carbonyl (C=O) groups excluding carboxylic acids is 1. The molecule has 1 aliphatic rings. The van der Waals surface area contributed by atoms with Gasteiger partial charge >= 0.3 is 5.97 Å². The first-order chi connectivity index (χ1) is 17.5. The molecule has 0 saturated carbocycles. The van der Waals surface area contributed by atoms with E-state index in [0.29, 0.717) is 13.2 Å². The molecule has 6 heteroatoms. The Labute approximate surface area is 217 Å². The second-order valence-corrected chi connectivity index (χ2v) is 9.96. The van der Waals surface area contributed by atoms with Gasteiger partial charge < -0.3 is 18.9 Å². The van der Waals surface area contributed by atoms with Crippen LogP contribution in [-0.2, 0) is 37.0 Å². The minimum atomic E-state index is -1.10. The van der Waals surface area contributed by atoms with Crippen molar-refractivity contribution < 1.29 is 23.7 Å². The first-order valence-electron chi connectivity index (χ1n) is 12.0. The van der Waals surface area contributed by atoms with Gasteiger partial charge in [-0.15, -0.1) is 0 Å². The Balaban J connectivity index is 1.60. The van der Waals surface area contributed by atoms with Crippen LogP contribution in [0.25, 0.3) is 0 Å². The van der Waals surface area contributed by atoms with E-state index in [1.54, 1.807) is 6.08 Å². The summed E-state index contributed by atoms with van der Waals surface area (Å²) in [5.74, 6) is -0.404. The van der Waals surface area contributed by atoms with Crippen molar-refractivity contribution in [3.8, 4) is 0 Å². The number of thioether (sulfide) groups is 1. The van der Waals surface area contributed by atoms with Crippen LogP contribution in [0.1, 0.15) is 23.6 Å². The summed E-state index contributed by atoms with van der Waals surface area (Å²) >= 11 is 1.50. The molecule has 0 radical (unpaired) electrons. The van der Waals surface area contributed by atoms with Crippen LogP contribution in [0.15, 0.2) is 102 Å². The normalized spacial score (nSPS) is 23.3. The van der Waals surface area contributed by atoms with Gasteiger partial charge in [0.15, 0.2) is 11.7 Å². The van der Waals surface area contributed by atoms with E-state index in [1.165, 1.54) is 24.2 Å². The van der Waals surface area contributed by atoms with E-state index in [1.807, 2.05) is 91.9 Å². The maximum Gasteiger partial charge on any atom is 0.303 e. The average Bonchev–Trinajstić information content (AvgIpc) is 3.17. The van der Waals surface area contributed by atoms with Crippen molar-refractivity contribution >= 4 is 17.7 Å². The number of hydrogen-bond acceptors (Lipinski definition) is 6. The number of carbonyl (C=O) groups is 1. The quantitative estimate of drug-likeness (QED) is 0.232. The molecule has 3 aromatic rings. The van der Waals surface area contributed by atoms with E-state index in [-0.39, 0.29) is 6.61 Å². The SMILES string of the molecule is C=C[C@@]1(OCc2ccccc2)[C@H](COCc2ccccc2)O[C@H](Sc2ccc(C)cc2)[C@@H]1OC(C)=O. The fraction of sp³-hybridized carbons (Fsp3) is 0.300. The molecule has 1 aliphatic heterocycles. The van der Waals surface area contributed by atoms with Gasteiger partial charge in [0.25, 0.3) is 0 Å². The number of ether oxygens (including phenoxy) is 4. The van der Waals surface area contributed by atoms with Gasteiger partial charge in [-0.1, -0.05) is 103 Å². The minimum absolute atomic E-state index is 0.248. The Morgan fingerprint density at radius 3 is 2.17 bits per heavy atom. The van der Waals surface area contributed by atoms with Gasteiger partial charge in [-0.05, 0) is 30.2 Å². The molecule has 3 aromatic carbocycles. The van der Waals surface area contributed by atoms with Crippen LogP contribution in [-0.4, -0.2) is 35.8 Å². The van der Waals surface area contributed by atoms with E-state index in [4.69, 9.17) is 18.9 Å². The molecule has 0 unspecified atom stereocenters. The second kappa shape index (κ2) is 12.4. The molecule has 0 aromatic heterocycles. The molecule has 0 bridgehead atoms. The molecule has 5 nitrogen and oxygen atoms in total. The van der Waals surface area contributed by atoms with Crippen molar-refractivity contribution in [2.45, 2.75) is 55.2 Å². The van der Waals surface area contributed by atoms with E-state index >= 15 is 0 Å². The van der Waals surface area contributed by atoms with E-state index in [2.05, 4.69) is 6.58 Å². The number of aryl methyl sites for hydroxylation is 1. The van der Waals surface area contributed by atoms with Crippen LogP contribution in [0.3, 0.4) is 0 Å². The maximum atomic E-state index is 12.2. The molecule has 1 fully saturated rings. The monoisotopic (exact) mass is 504 g/mol. The summed E-state index contributed by atoms with van der Waals surface area (Å²) in [6.45, 7) is 8.53. The summed E-state index contributed by atoms with van der Waals surface area (Å²) in [6, 6.07) is 28.0. The molecule has 1 saturated heterocycles. The molecule has 4 rings (SSSR count). The zero-order valence-electron chi connectivity index (χ0n) is 20.7. The van der Waals surface area contributed by atoms with E-state index in [9.17, 15) is 4.79 Å². The third kappa shape index (κ3) is 6.45. The fourth-order valence-corrected chi connectivity index (χ4v) is 5.34. The van der Waals surface area contributed by atoms with E-state index in [0.717, 1.165) is 16.0 Å². The third-order valence-electron chi connectivity index (χ3n) is 6.09. The van der Waals surface area contributed by atoms with Crippen molar-refractivity contribution in [2.75, 3.05) is 6.61 Å². The lowest BCUT2D eigenvalue weighted by atomic mass is 9.92. The topological polar surface area (TPSA) is 54.0 Å². The lowest BCUT2D eigenvalue weighted by Gasteiger charge is -2.35. The highest BCUT2D eigenvalue weighted by atomic mass is 32.2. The van der Waals surface area contributed by atoms with Gasteiger partial charge in [-0.2, -0.15) is 0 Å². The van der Waals surface area contributed by atoms with Crippen LogP contribution in [0.2, 0.25) is 0 Å². The maximum absolute atomic E-state index is 12.2. The van der Waals surface area contributed by atoms with E-state index < -0.39 is 29.2 Å². The van der Waals surface area contributed by atoms with Crippen molar-refractivity contribution in [2.24, 2.45) is 0 Å². The third-order valence-corrected chi connectivity index (χ3v) is 7.23. The molecule has 0 aliphatic carbocycles. The van der Waals surface area contributed by atoms with Crippen LogP contribution in [0.5, 0.6) is 0 Å². The molecular weight excluding hydrogens is 472 g/mol. The molecule has 0 N–H and O–H groups in total. The molecule has 4 atom stereocenters. The highest BCUT2D eigenvalue weighted by molar-refractivity contribution is 7.99. The van der Waals surface area contributed by atoms with Crippen molar-refractivity contribution in [3.05, 3.63) is 114 Å². The first kappa shape index (κ1) is 26.2. The summed E-state index contributed by atoms with van der Waals surface area (Å²) in [5.41, 5.74) is 1.63. The minimum Gasteiger partial charge on any atom is -0.455 e. The van der Waals surface area contributed by atoms with Crippen molar-refractivity contribution in [1.82, 2.24) is 0 Å². The van der Waals surface area contributed by atoms with Gasteiger partial charge in [-0.25, -0.2) is 0 Å². The molecule has 1 heterocycles. The molecular formula is C30H32O5S. The highest BCUT2D eigenvalue weighted by Crippen LogP contribution is 2.45. The zero-order chi connectivity index (χ0) is 25.4. The lowest BCUT2D eigenvalue weighted by molar-refractivity contribution is -0.164. The molecule has 36 heavy (non-hydrogen) atoms. The summed E-state index contributed by atoms with van der Waals surface area (Å²) in [5, 5.41) is 0. The van der Waals surface area contributed by atoms with Crippen LogP contribution in [0.4, 0.5) is 0 Å². The molecule has 0 spiro atoms. The zero-order valence-corrected chi connectivity index (χ0v) is 21.5. The summed E-state index contributed by atoms with van der Waals surface area (Å²) in [4.78, 5) is 13.2. The fourth-order valence-electron chi connectivity index (χ4n) is 4.19. The lowest BCUT2D eigenvalue weighted by Crippen LogP contribution is -2.51. The summed E-state index contributed by atoms with van der Waals surface area (Å²) in [6.07, 6.45) is 0.457. The Morgan fingerprint density at radius 2 is 1.58 bits per heavy atom. The second-order valence-electron chi connectivity index (χ2n) is 8.79. The first-order valence-corrected chi connectivity index (χ1v) is 12.9. The number of benzene rings is 3. The molecule has 188 valence electrons. The number of esters is 1. The van der Waals surface area contributed by atoms with Gasteiger partial charge in [-0.3, -0.25) is 4.79 Å². The summed E-state index contributed by atoms with van der Waals surface area (Å²) in [7, 11) is 0. The molecule has 0 amide bonds. The Kier molecular flexibility index (Phi) is 8.99. The predicted octanol–water partition coefficient (Wildman–Crippen LogP) is 6.10. The summed E-state index contributed by atoms with van der Waals surface area (Å²) < 4.78 is 25.0. The van der Waals surface area contributed by atoms with Gasteiger partial charge in [0.2, 0.25) is 0 Å². The standard InChI is InChI=1S/C30H32O5S/c1-4-30(33-20-25-13-9-6-10-14-25)27(21-32-19-24-11-7-5-8-12-24)35-29(28(30)34-23(3)31)36-26-17-15-22(2)16-18-26/h4-18,27-29H,1,19-21H2,2-3H3/t27-,28-,29+,30+/m0/s1. The van der Waals surface area contributed by atoms with Crippen molar-refractivity contribution in [3.63, 3.8) is 0 Å². The highest BCUT2D eigenvalue weighted by Gasteiger charge is 2.58.